The highest BCUT2D eigenvalue weighted by Crippen LogP contribution is 2.33. The van der Waals surface area contributed by atoms with Crippen molar-refractivity contribution in [2.24, 2.45) is 0 Å². The van der Waals surface area contributed by atoms with E-state index in [4.69, 9.17) is 9.47 Å². The minimum absolute atomic E-state index is 0.0115. The fourth-order valence-electron chi connectivity index (χ4n) is 2.82. The monoisotopic (exact) mass is 346 g/mol. The Morgan fingerprint density at radius 2 is 2.38 bits per heavy atom. The standard InChI is InChI=1S/C18H22N2O3S/c1-12-5-7-16(22-2)14(10-12)15-11-24-18(19-15)20-17(21)8-6-13-4-3-9-23-13/h5,7,10-11,13H,3-4,6,8-9H2,1-2H3,(H,19,20,21). The van der Waals surface area contributed by atoms with Gasteiger partial charge in [0.2, 0.25) is 5.91 Å². The summed E-state index contributed by atoms with van der Waals surface area (Å²) in [5.74, 6) is 0.768. The molecule has 128 valence electrons. The van der Waals surface area contributed by atoms with Crippen LogP contribution >= 0.6 is 11.3 Å². The second kappa shape index (κ2) is 7.77. The number of carbonyl (C=O) groups is 1. The molecule has 1 aliphatic heterocycles. The fraction of sp³-hybridized carbons (Fsp3) is 0.444. The summed E-state index contributed by atoms with van der Waals surface area (Å²) in [7, 11) is 1.65. The van der Waals surface area contributed by atoms with E-state index >= 15 is 0 Å². The first kappa shape index (κ1) is 16.9. The second-order valence-electron chi connectivity index (χ2n) is 5.96. The van der Waals surface area contributed by atoms with Crippen molar-refractivity contribution in [2.45, 2.75) is 38.7 Å². The molecule has 1 atom stereocenters. The van der Waals surface area contributed by atoms with Crippen molar-refractivity contribution in [1.82, 2.24) is 4.98 Å². The maximum absolute atomic E-state index is 12.1. The number of nitrogens with one attached hydrogen (secondary N) is 1. The van der Waals surface area contributed by atoms with E-state index in [1.807, 2.05) is 30.5 Å². The van der Waals surface area contributed by atoms with Crippen LogP contribution in [-0.4, -0.2) is 30.7 Å². The number of rotatable bonds is 6. The molecule has 0 spiro atoms. The van der Waals surface area contributed by atoms with Gasteiger partial charge in [0.1, 0.15) is 5.75 Å². The average molecular weight is 346 g/mol. The number of aryl methyl sites for hydroxylation is 1. The van der Waals surface area contributed by atoms with E-state index in [-0.39, 0.29) is 12.0 Å². The largest absolute Gasteiger partial charge is 0.496 e. The lowest BCUT2D eigenvalue weighted by molar-refractivity contribution is -0.116. The van der Waals surface area contributed by atoms with Crippen LogP contribution in [0.2, 0.25) is 0 Å². The number of nitrogens with zero attached hydrogens (tertiary/aromatic N) is 1. The van der Waals surface area contributed by atoms with Crippen molar-refractivity contribution in [2.75, 3.05) is 19.0 Å². The summed E-state index contributed by atoms with van der Waals surface area (Å²) in [4.78, 5) is 16.6. The van der Waals surface area contributed by atoms with Crippen LogP contribution in [0, 0.1) is 6.92 Å². The molecule has 0 bridgehead atoms. The van der Waals surface area contributed by atoms with Gasteiger partial charge in [0, 0.05) is 24.0 Å². The minimum Gasteiger partial charge on any atom is -0.496 e. The zero-order valence-corrected chi connectivity index (χ0v) is 14.8. The third-order valence-corrected chi connectivity index (χ3v) is 4.86. The van der Waals surface area contributed by atoms with Gasteiger partial charge in [0.05, 0.1) is 18.9 Å². The van der Waals surface area contributed by atoms with Crippen LogP contribution in [0.4, 0.5) is 5.13 Å². The van der Waals surface area contributed by atoms with Crippen LogP contribution in [0.25, 0.3) is 11.3 Å². The van der Waals surface area contributed by atoms with Crippen molar-refractivity contribution < 1.29 is 14.3 Å². The lowest BCUT2D eigenvalue weighted by atomic mass is 10.1. The number of benzene rings is 1. The maximum Gasteiger partial charge on any atom is 0.226 e. The van der Waals surface area contributed by atoms with E-state index < -0.39 is 0 Å². The molecule has 5 nitrogen and oxygen atoms in total. The first-order valence-electron chi connectivity index (χ1n) is 8.17. The molecule has 1 N–H and O–H groups in total. The summed E-state index contributed by atoms with van der Waals surface area (Å²) < 4.78 is 10.9. The summed E-state index contributed by atoms with van der Waals surface area (Å²) in [6, 6.07) is 5.98. The van der Waals surface area contributed by atoms with Crippen molar-refractivity contribution in [3.63, 3.8) is 0 Å². The third-order valence-electron chi connectivity index (χ3n) is 4.10. The Bertz CT molecular complexity index is 708. The number of carbonyl (C=O) groups excluding carboxylic acids is 1. The van der Waals surface area contributed by atoms with Gasteiger partial charge in [-0.15, -0.1) is 11.3 Å². The highest BCUT2D eigenvalue weighted by molar-refractivity contribution is 7.14. The van der Waals surface area contributed by atoms with E-state index in [1.165, 1.54) is 11.3 Å². The first-order chi connectivity index (χ1) is 11.7. The molecule has 1 aromatic carbocycles. The third kappa shape index (κ3) is 4.13. The molecule has 0 radical (unpaired) electrons. The minimum atomic E-state index is -0.0115. The van der Waals surface area contributed by atoms with E-state index in [0.29, 0.717) is 11.6 Å². The van der Waals surface area contributed by atoms with Crippen LogP contribution in [0.3, 0.4) is 0 Å². The Labute approximate surface area is 146 Å². The molecule has 1 amide bonds. The molecular weight excluding hydrogens is 324 g/mol. The number of anilines is 1. The van der Waals surface area contributed by atoms with Crippen molar-refractivity contribution in [1.29, 1.82) is 0 Å². The number of aromatic nitrogens is 1. The van der Waals surface area contributed by atoms with E-state index in [2.05, 4.69) is 10.3 Å². The zero-order chi connectivity index (χ0) is 16.9. The molecule has 6 heteroatoms. The quantitative estimate of drug-likeness (QED) is 0.858. The lowest BCUT2D eigenvalue weighted by Gasteiger charge is -2.08. The Morgan fingerprint density at radius 3 is 3.12 bits per heavy atom. The Kier molecular flexibility index (Phi) is 5.48. The van der Waals surface area contributed by atoms with Crippen LogP contribution in [0.15, 0.2) is 23.6 Å². The zero-order valence-electron chi connectivity index (χ0n) is 14.0. The second-order valence-corrected chi connectivity index (χ2v) is 6.82. The summed E-state index contributed by atoms with van der Waals surface area (Å²) in [6.07, 6.45) is 3.63. The van der Waals surface area contributed by atoms with Gasteiger partial charge in [-0.25, -0.2) is 4.98 Å². The number of ether oxygens (including phenoxy) is 2. The summed E-state index contributed by atoms with van der Waals surface area (Å²) in [6.45, 7) is 2.85. The van der Waals surface area contributed by atoms with Gasteiger partial charge in [-0.2, -0.15) is 0 Å². The van der Waals surface area contributed by atoms with Gasteiger partial charge < -0.3 is 14.8 Å². The molecule has 1 aliphatic rings. The van der Waals surface area contributed by atoms with Crippen molar-refractivity contribution >= 4 is 22.4 Å². The number of amides is 1. The molecule has 1 fully saturated rings. The molecule has 1 aromatic heterocycles. The van der Waals surface area contributed by atoms with Crippen LogP contribution in [-0.2, 0) is 9.53 Å². The molecule has 1 saturated heterocycles. The molecule has 2 heterocycles. The van der Waals surface area contributed by atoms with E-state index in [0.717, 1.165) is 48.4 Å². The molecule has 3 rings (SSSR count). The average Bonchev–Trinajstić information content (AvgIpc) is 3.24. The van der Waals surface area contributed by atoms with Gasteiger partial charge in [0.15, 0.2) is 5.13 Å². The van der Waals surface area contributed by atoms with Gasteiger partial charge in [-0.3, -0.25) is 4.79 Å². The van der Waals surface area contributed by atoms with Gasteiger partial charge in [-0.05, 0) is 38.3 Å². The molecule has 24 heavy (non-hydrogen) atoms. The Morgan fingerprint density at radius 1 is 1.50 bits per heavy atom. The van der Waals surface area contributed by atoms with Crippen molar-refractivity contribution in [3.05, 3.63) is 29.1 Å². The molecule has 2 aromatic rings. The predicted octanol–water partition coefficient (Wildman–Crippen LogP) is 4.02. The SMILES string of the molecule is COc1ccc(C)cc1-c1csc(NC(=O)CCC2CCCO2)n1. The van der Waals surface area contributed by atoms with Gasteiger partial charge >= 0.3 is 0 Å². The van der Waals surface area contributed by atoms with Crippen molar-refractivity contribution in [3.8, 4) is 17.0 Å². The maximum atomic E-state index is 12.1. The Balaban J connectivity index is 1.63. The Hall–Kier alpha value is -1.92. The number of hydrogen-bond acceptors (Lipinski definition) is 5. The summed E-state index contributed by atoms with van der Waals surface area (Å²) in [5.41, 5.74) is 2.89. The normalized spacial score (nSPS) is 17.0. The molecule has 1 unspecified atom stereocenters. The van der Waals surface area contributed by atoms with E-state index in [1.54, 1.807) is 7.11 Å². The van der Waals surface area contributed by atoms with Crippen LogP contribution < -0.4 is 10.1 Å². The predicted molar refractivity (Wildman–Crippen MR) is 95.7 cm³/mol. The molecular formula is C18H22N2O3S. The number of hydrogen-bond donors (Lipinski definition) is 1. The van der Waals surface area contributed by atoms with Gasteiger partial charge in [-0.1, -0.05) is 11.6 Å². The molecule has 0 saturated carbocycles. The molecule has 0 aliphatic carbocycles. The number of methoxy groups -OCH3 is 1. The topological polar surface area (TPSA) is 60.5 Å². The van der Waals surface area contributed by atoms with Crippen LogP contribution in [0.5, 0.6) is 5.75 Å². The summed E-state index contributed by atoms with van der Waals surface area (Å²) in [5, 5.41) is 5.43. The lowest BCUT2D eigenvalue weighted by Crippen LogP contribution is -2.15. The van der Waals surface area contributed by atoms with Crippen LogP contribution in [0.1, 0.15) is 31.2 Å². The fourth-order valence-corrected chi connectivity index (χ4v) is 3.55. The van der Waals surface area contributed by atoms with Gasteiger partial charge in [0.25, 0.3) is 0 Å². The summed E-state index contributed by atoms with van der Waals surface area (Å²) >= 11 is 1.43. The highest BCUT2D eigenvalue weighted by atomic mass is 32.1. The van der Waals surface area contributed by atoms with E-state index in [9.17, 15) is 4.79 Å². The number of thiazole rings is 1. The highest BCUT2D eigenvalue weighted by Gasteiger charge is 2.17. The smallest absolute Gasteiger partial charge is 0.226 e. The first-order valence-corrected chi connectivity index (χ1v) is 9.05.